The molecule has 0 unspecified atom stereocenters. The number of benzene rings is 22. The second-order valence-electron chi connectivity index (χ2n) is 35.5. The molecular weight excluding hydrogens is 2010 g/mol. The number of para-hydroxylation sites is 7. The smallest absolute Gasteiger partial charge is 0.137 e. The van der Waals surface area contributed by atoms with Crippen LogP contribution in [0, 0.1) is 0 Å². The fourth-order valence-corrected chi connectivity index (χ4v) is 23.6. The third-order valence-corrected chi connectivity index (χ3v) is 30.3. The Bertz CT molecular complexity index is 9190. The van der Waals surface area contributed by atoms with Crippen LogP contribution in [0.2, 0.25) is 0 Å². The lowest BCUT2D eigenvalue weighted by molar-refractivity contribution is 0.415. The maximum Gasteiger partial charge on any atom is 0.137 e. The van der Waals surface area contributed by atoms with Gasteiger partial charge in [0.2, 0.25) is 0 Å². The van der Waals surface area contributed by atoms with E-state index < -0.39 is 0 Å². The highest BCUT2D eigenvalue weighted by Gasteiger charge is 2.27. The van der Waals surface area contributed by atoms with Gasteiger partial charge in [0, 0.05) is 189 Å². The molecule has 15 heteroatoms. The van der Waals surface area contributed by atoms with Gasteiger partial charge in [-0.05, 0) is 301 Å². The number of ether oxygens (including phenoxy) is 2. The van der Waals surface area contributed by atoms with E-state index in [1.807, 2.05) is 59.1 Å². The number of halogens is 3. The number of furan rings is 1. The first-order valence-electron chi connectivity index (χ1n) is 48.0. The summed E-state index contributed by atoms with van der Waals surface area (Å²) < 4.78 is 27.9. The van der Waals surface area contributed by atoms with Gasteiger partial charge in [-0.1, -0.05) is 272 Å². The number of aromatic nitrogens is 1. The first-order chi connectivity index (χ1) is 71.5. The molecule has 22 aromatic carbocycles. The molecule has 4 heterocycles. The van der Waals surface area contributed by atoms with Crippen LogP contribution >= 0.6 is 70.5 Å². The van der Waals surface area contributed by atoms with Crippen LogP contribution in [0.4, 0.5) is 102 Å². The van der Waals surface area contributed by atoms with Crippen molar-refractivity contribution < 1.29 is 13.9 Å². The highest BCUT2D eigenvalue weighted by atomic mass is 79.9. The molecule has 0 atom stereocenters. The SMILES string of the molecule is Brc1cc(N(c2ccc3ccccc3c2)c2ccc3c(c2)oc2ccccc23)cc(N(c2ccccc2)c2ccc3c(c2)c2ccccc2n3-c2ccc3ccccc3c2)c1.Brc1cc(N(c2ccccc2)c2ccccc2)cc(N(c2ccccc2)c2ccc3sc4ccccc4c3c2)c1.COc1ccc(N(c2ccc(OC)cc2)c2cc(Br)cc(N(c3ccccc3)c3ccc4sc5ccccc5c4c3)c2)cc1. The number of hydrogen-bond acceptors (Lipinski definition) is 11. The van der Waals surface area contributed by atoms with Gasteiger partial charge in [-0.3, -0.25) is 0 Å². The maximum atomic E-state index is 6.46. The minimum atomic E-state index is 0.810. The molecular formula is C130H90Br3N7O3S2. The lowest BCUT2D eigenvalue weighted by atomic mass is 10.1. The van der Waals surface area contributed by atoms with Crippen LogP contribution in [-0.2, 0) is 0 Å². The van der Waals surface area contributed by atoms with E-state index in [-0.39, 0.29) is 0 Å². The van der Waals surface area contributed by atoms with Gasteiger partial charge in [0.15, 0.2) is 0 Å². The molecule has 0 amide bonds. The molecule has 26 aromatic rings. The Balaban J connectivity index is 0.000000120. The molecule has 0 fully saturated rings. The summed E-state index contributed by atoms with van der Waals surface area (Å²) in [6.45, 7) is 0. The average Bonchev–Trinajstić information content (AvgIpc) is 1.59. The van der Waals surface area contributed by atoms with Gasteiger partial charge < -0.3 is 47.9 Å². The van der Waals surface area contributed by atoms with Crippen molar-refractivity contribution >= 4 is 278 Å². The summed E-state index contributed by atoms with van der Waals surface area (Å²) in [6.07, 6.45) is 0. The summed E-state index contributed by atoms with van der Waals surface area (Å²) in [4.78, 5) is 13.9. The summed E-state index contributed by atoms with van der Waals surface area (Å²) >= 11 is 15.4. The molecule has 0 N–H and O–H groups in total. The van der Waals surface area contributed by atoms with E-state index >= 15 is 0 Å². The molecule has 0 aliphatic heterocycles. The van der Waals surface area contributed by atoms with Crippen LogP contribution in [-0.4, -0.2) is 18.8 Å². The topological polar surface area (TPSA) is 56.0 Å². The van der Waals surface area contributed by atoms with Crippen molar-refractivity contribution in [1.82, 2.24) is 4.57 Å². The summed E-state index contributed by atoms with van der Waals surface area (Å²) in [7, 11) is 3.37. The normalized spacial score (nSPS) is 11.3. The van der Waals surface area contributed by atoms with Crippen LogP contribution in [0.15, 0.2) is 527 Å². The molecule has 26 rings (SSSR count). The van der Waals surface area contributed by atoms with E-state index in [2.05, 4.69) is 555 Å². The summed E-state index contributed by atoms with van der Waals surface area (Å²) in [6, 6.07) is 181. The van der Waals surface area contributed by atoms with Gasteiger partial charge in [-0.25, -0.2) is 0 Å². The zero-order valence-electron chi connectivity index (χ0n) is 78.8. The molecule has 0 aliphatic carbocycles. The molecule has 10 nitrogen and oxygen atoms in total. The van der Waals surface area contributed by atoms with Crippen molar-refractivity contribution in [3.05, 3.63) is 523 Å². The van der Waals surface area contributed by atoms with Crippen molar-refractivity contribution in [3.8, 4) is 17.2 Å². The van der Waals surface area contributed by atoms with Crippen LogP contribution in [0.5, 0.6) is 11.5 Å². The number of nitrogens with zero attached hydrogens (tertiary/aromatic N) is 7. The lowest BCUT2D eigenvalue weighted by Crippen LogP contribution is -2.13. The number of anilines is 18. The van der Waals surface area contributed by atoms with Crippen LogP contribution in [0.1, 0.15) is 0 Å². The van der Waals surface area contributed by atoms with Gasteiger partial charge in [0.25, 0.3) is 0 Å². The first-order valence-corrected chi connectivity index (χ1v) is 52.0. The molecule has 0 radical (unpaired) electrons. The average molecular weight is 2100 g/mol. The molecule has 4 aromatic heterocycles. The Morgan fingerprint density at radius 2 is 0.490 bits per heavy atom. The minimum Gasteiger partial charge on any atom is -0.497 e. The van der Waals surface area contributed by atoms with Gasteiger partial charge in [0.05, 0.1) is 25.3 Å². The molecule has 0 saturated heterocycles. The van der Waals surface area contributed by atoms with Crippen molar-refractivity contribution in [2.45, 2.75) is 0 Å². The molecule has 696 valence electrons. The lowest BCUT2D eigenvalue weighted by Gasteiger charge is -2.30. The van der Waals surface area contributed by atoms with Gasteiger partial charge >= 0.3 is 0 Å². The molecule has 0 saturated carbocycles. The number of methoxy groups -OCH3 is 2. The fraction of sp³-hybridized carbons (Fsp3) is 0.0154. The highest BCUT2D eigenvalue weighted by Crippen LogP contribution is 2.52. The Morgan fingerprint density at radius 1 is 0.193 bits per heavy atom. The first kappa shape index (κ1) is 90.8. The third kappa shape index (κ3) is 18.2. The van der Waals surface area contributed by atoms with Crippen LogP contribution in [0.25, 0.3) is 111 Å². The Kier molecular flexibility index (Phi) is 25.0. The predicted molar refractivity (Wildman–Crippen MR) is 626 cm³/mol. The third-order valence-electron chi connectivity index (χ3n) is 26.6. The minimum absolute atomic E-state index is 0.810. The standard InChI is InChI=1S/C56H36BrN3O.C38H29BrN2O2S.C36H25BrN2S/c57-41-32-47(34-48(33-41)59(43-24-22-37-12-4-6-14-39(37)30-43)46-26-28-51-50-19-9-11-21-55(50)61-56(51)36-46)58(42-16-2-1-3-17-42)45-27-29-54-52(35-45)49-18-8-10-20-53(49)60(54)44-25-23-38-13-5-7-15-40(38)31-44;1-42-33-17-12-28(13-18-33)40(29-14-19-34(43-2)20-15-29)31-22-26(39)23-32(24-31)41(27-8-4-3-5-9-27)30-16-21-38-36(25-30)35-10-6-7-11-37(35)44-38;37-26-22-31(38(27-12-4-1-5-13-27)28-14-6-2-7-15-28)24-32(23-26)39(29-16-8-3-9-17-29)30-20-21-36-34(25-30)33-18-10-11-19-35(33)40-36/h1-36H;3-25H,1-2H3;1-25H. The van der Waals surface area contributed by atoms with Gasteiger partial charge in [-0.15, -0.1) is 22.7 Å². The maximum absolute atomic E-state index is 6.46. The summed E-state index contributed by atoms with van der Waals surface area (Å²) in [5, 5.41) is 14.5. The second-order valence-corrected chi connectivity index (χ2v) is 40.5. The number of hydrogen-bond donors (Lipinski definition) is 0. The zero-order chi connectivity index (χ0) is 97.4. The fourth-order valence-electron chi connectivity index (χ4n) is 20.1. The number of rotatable bonds is 21. The predicted octanol–water partition coefficient (Wildman–Crippen LogP) is 40.2. The quantitative estimate of drug-likeness (QED) is 0.0700. The van der Waals surface area contributed by atoms with Gasteiger partial charge in [-0.2, -0.15) is 0 Å². The summed E-state index contributed by atoms with van der Waals surface area (Å²) in [5.41, 5.74) is 24.2. The number of thiophene rings is 2. The van der Waals surface area contributed by atoms with E-state index in [0.717, 1.165) is 160 Å². The molecule has 0 bridgehead atoms. The van der Waals surface area contributed by atoms with E-state index in [9.17, 15) is 0 Å². The van der Waals surface area contributed by atoms with Crippen LogP contribution < -0.4 is 38.9 Å². The van der Waals surface area contributed by atoms with Crippen molar-refractivity contribution in [3.63, 3.8) is 0 Å². The van der Waals surface area contributed by atoms with Gasteiger partial charge in [0.1, 0.15) is 22.7 Å². The van der Waals surface area contributed by atoms with Crippen molar-refractivity contribution in [1.29, 1.82) is 0 Å². The Labute approximate surface area is 873 Å². The largest absolute Gasteiger partial charge is 0.497 e. The second kappa shape index (κ2) is 40.0. The zero-order valence-corrected chi connectivity index (χ0v) is 85.2. The summed E-state index contributed by atoms with van der Waals surface area (Å²) in [5.74, 6) is 1.62. The monoisotopic (exact) mass is 2100 g/mol. The van der Waals surface area contributed by atoms with E-state index in [4.69, 9.17) is 13.9 Å². The molecule has 0 aliphatic rings. The highest BCUT2D eigenvalue weighted by molar-refractivity contribution is 9.11. The van der Waals surface area contributed by atoms with E-state index in [1.165, 1.54) is 78.2 Å². The molecule has 0 spiro atoms. The Hall–Kier alpha value is -16.8. The number of fused-ring (bicyclic) bond motifs is 14. The van der Waals surface area contributed by atoms with Crippen molar-refractivity contribution in [2.24, 2.45) is 0 Å². The van der Waals surface area contributed by atoms with Crippen LogP contribution in [0.3, 0.4) is 0 Å². The van der Waals surface area contributed by atoms with E-state index in [0.29, 0.717) is 0 Å². The van der Waals surface area contributed by atoms with Crippen molar-refractivity contribution in [2.75, 3.05) is 43.6 Å². The Morgan fingerprint density at radius 3 is 0.938 bits per heavy atom. The van der Waals surface area contributed by atoms with E-state index in [1.54, 1.807) is 14.2 Å². The molecule has 145 heavy (non-hydrogen) atoms.